The minimum Gasteiger partial charge on any atom is -0.360 e. The van der Waals surface area contributed by atoms with Crippen molar-refractivity contribution in [2.45, 2.75) is 6.92 Å². The van der Waals surface area contributed by atoms with Gasteiger partial charge in [0.2, 0.25) is 5.91 Å². The molecule has 0 aliphatic carbocycles. The van der Waals surface area contributed by atoms with E-state index in [2.05, 4.69) is 5.32 Å². The van der Waals surface area contributed by atoms with Crippen LogP contribution in [0.2, 0.25) is 0 Å². The zero-order chi connectivity index (χ0) is 18.5. The summed E-state index contributed by atoms with van der Waals surface area (Å²) in [5.74, 6) is -0.311. The Hall–Kier alpha value is -3.33. The quantitative estimate of drug-likeness (QED) is 0.682. The van der Waals surface area contributed by atoms with Gasteiger partial charge in [-0.05, 0) is 11.5 Å². The molecule has 3 rings (SSSR count). The molecule has 1 heterocycles. The van der Waals surface area contributed by atoms with Crippen molar-refractivity contribution in [1.29, 1.82) is 5.26 Å². The molecule has 0 bridgehead atoms. The van der Waals surface area contributed by atoms with E-state index >= 15 is 0 Å². The molecule has 1 aliphatic heterocycles. The van der Waals surface area contributed by atoms with Gasteiger partial charge in [0.25, 0.3) is 5.91 Å². The van der Waals surface area contributed by atoms with E-state index in [9.17, 15) is 14.9 Å². The van der Waals surface area contributed by atoms with E-state index in [4.69, 9.17) is 0 Å². The highest BCUT2D eigenvalue weighted by Crippen LogP contribution is 2.23. The van der Waals surface area contributed by atoms with E-state index < -0.39 is 0 Å². The first-order valence-electron chi connectivity index (χ1n) is 8.49. The molecule has 0 radical (unpaired) electrons. The van der Waals surface area contributed by atoms with Gasteiger partial charge in [-0.1, -0.05) is 36.4 Å². The Labute approximate surface area is 152 Å². The summed E-state index contributed by atoms with van der Waals surface area (Å²) in [7, 11) is 0. The van der Waals surface area contributed by atoms with Gasteiger partial charge in [-0.3, -0.25) is 9.59 Å². The van der Waals surface area contributed by atoms with E-state index in [1.807, 2.05) is 48.5 Å². The molecule has 132 valence electrons. The maximum absolute atomic E-state index is 12.6. The Morgan fingerprint density at radius 2 is 1.69 bits per heavy atom. The number of carbonyl (C=O) groups excluding carboxylic acids is 2. The zero-order valence-corrected chi connectivity index (χ0v) is 14.6. The first kappa shape index (κ1) is 17.5. The summed E-state index contributed by atoms with van der Waals surface area (Å²) in [6, 6.07) is 15.7. The molecule has 2 aromatic rings. The van der Waals surface area contributed by atoms with E-state index in [-0.39, 0.29) is 17.4 Å². The van der Waals surface area contributed by atoms with Crippen LogP contribution < -0.4 is 5.32 Å². The van der Waals surface area contributed by atoms with Gasteiger partial charge >= 0.3 is 0 Å². The first-order valence-corrected chi connectivity index (χ1v) is 8.49. The van der Waals surface area contributed by atoms with Gasteiger partial charge in [-0.2, -0.15) is 5.26 Å². The number of amides is 2. The number of carbonyl (C=O) groups is 2. The monoisotopic (exact) mass is 348 g/mol. The number of benzene rings is 2. The standard InChI is InChI=1S/C20H20N4O2/c1-15(25)23-9-11-24(12-10-23)20(26)17(13-21)14-22-19-8-4-6-16-5-2-3-7-18(16)19/h2-8,14,22H,9-12H2,1H3/b17-14-. The average molecular weight is 348 g/mol. The van der Waals surface area contributed by atoms with Gasteiger partial charge in [0.15, 0.2) is 0 Å². The number of hydrogen-bond acceptors (Lipinski definition) is 4. The Balaban J connectivity index is 1.73. The number of nitriles is 1. The van der Waals surface area contributed by atoms with Crippen molar-refractivity contribution in [3.63, 3.8) is 0 Å². The first-order chi connectivity index (χ1) is 12.6. The minimum atomic E-state index is -0.316. The lowest BCUT2D eigenvalue weighted by atomic mass is 10.1. The zero-order valence-electron chi connectivity index (χ0n) is 14.6. The minimum absolute atomic E-state index is 0.00534. The summed E-state index contributed by atoms with van der Waals surface area (Å²) in [6.45, 7) is 3.39. The van der Waals surface area contributed by atoms with Crippen LogP contribution >= 0.6 is 0 Å². The number of anilines is 1. The van der Waals surface area contributed by atoms with E-state index in [0.29, 0.717) is 26.2 Å². The number of nitrogens with zero attached hydrogens (tertiary/aromatic N) is 3. The molecule has 1 aliphatic rings. The Kier molecular flexibility index (Phi) is 5.18. The van der Waals surface area contributed by atoms with Gasteiger partial charge in [0, 0.05) is 50.4 Å². The fraction of sp³-hybridized carbons (Fsp3) is 0.250. The molecule has 1 fully saturated rings. The molecule has 1 N–H and O–H groups in total. The molecule has 0 aromatic heterocycles. The number of rotatable bonds is 3. The van der Waals surface area contributed by atoms with Crippen LogP contribution in [-0.4, -0.2) is 47.8 Å². The average Bonchev–Trinajstić information content (AvgIpc) is 2.68. The molecular weight excluding hydrogens is 328 g/mol. The molecule has 0 saturated carbocycles. The molecule has 1 saturated heterocycles. The molecule has 0 atom stereocenters. The van der Waals surface area contributed by atoms with Crippen molar-refractivity contribution in [2.24, 2.45) is 0 Å². The third-order valence-corrected chi connectivity index (χ3v) is 4.52. The van der Waals surface area contributed by atoms with Crippen LogP contribution in [-0.2, 0) is 9.59 Å². The number of fused-ring (bicyclic) bond motifs is 1. The van der Waals surface area contributed by atoms with Crippen LogP contribution in [0.5, 0.6) is 0 Å². The third-order valence-electron chi connectivity index (χ3n) is 4.52. The summed E-state index contributed by atoms with van der Waals surface area (Å²) in [5, 5.41) is 14.6. The van der Waals surface area contributed by atoms with Crippen molar-refractivity contribution in [2.75, 3.05) is 31.5 Å². The molecule has 6 heteroatoms. The lowest BCUT2D eigenvalue weighted by Crippen LogP contribution is -2.50. The summed E-state index contributed by atoms with van der Waals surface area (Å²) >= 11 is 0. The molecule has 2 amide bonds. The maximum Gasteiger partial charge on any atom is 0.266 e. The highest BCUT2D eigenvalue weighted by Gasteiger charge is 2.24. The lowest BCUT2D eigenvalue weighted by molar-refractivity contribution is -0.136. The van der Waals surface area contributed by atoms with Crippen LogP contribution in [0.1, 0.15) is 6.92 Å². The second-order valence-corrected chi connectivity index (χ2v) is 6.14. The fourth-order valence-corrected chi connectivity index (χ4v) is 3.04. The number of nitrogens with one attached hydrogen (secondary N) is 1. The highest BCUT2D eigenvalue weighted by atomic mass is 16.2. The van der Waals surface area contributed by atoms with E-state index in [0.717, 1.165) is 16.5 Å². The summed E-state index contributed by atoms with van der Waals surface area (Å²) in [4.78, 5) is 27.3. The van der Waals surface area contributed by atoms with Gasteiger partial charge in [0.05, 0.1) is 0 Å². The summed E-state index contributed by atoms with van der Waals surface area (Å²) < 4.78 is 0. The second-order valence-electron chi connectivity index (χ2n) is 6.14. The van der Waals surface area contributed by atoms with Crippen molar-refractivity contribution in [3.8, 4) is 6.07 Å². The van der Waals surface area contributed by atoms with Crippen molar-refractivity contribution >= 4 is 28.3 Å². The van der Waals surface area contributed by atoms with Crippen LogP contribution in [0, 0.1) is 11.3 Å². The summed E-state index contributed by atoms with van der Waals surface area (Å²) in [6.07, 6.45) is 1.46. The predicted octanol–water partition coefficient (Wildman–Crippen LogP) is 2.35. The molecule has 6 nitrogen and oxygen atoms in total. The fourth-order valence-electron chi connectivity index (χ4n) is 3.04. The molecule has 0 unspecified atom stereocenters. The number of hydrogen-bond donors (Lipinski definition) is 1. The molecule has 26 heavy (non-hydrogen) atoms. The largest absolute Gasteiger partial charge is 0.360 e. The third kappa shape index (κ3) is 3.67. The van der Waals surface area contributed by atoms with Gasteiger partial charge in [-0.15, -0.1) is 0 Å². The van der Waals surface area contributed by atoms with E-state index in [1.54, 1.807) is 9.80 Å². The molecule has 2 aromatic carbocycles. The smallest absolute Gasteiger partial charge is 0.266 e. The Bertz CT molecular complexity index is 900. The van der Waals surface area contributed by atoms with Gasteiger partial charge < -0.3 is 15.1 Å². The van der Waals surface area contributed by atoms with Crippen LogP contribution in [0.15, 0.2) is 54.2 Å². The van der Waals surface area contributed by atoms with Crippen LogP contribution in [0.3, 0.4) is 0 Å². The van der Waals surface area contributed by atoms with Crippen LogP contribution in [0.25, 0.3) is 10.8 Å². The summed E-state index contributed by atoms with van der Waals surface area (Å²) in [5.41, 5.74) is 0.888. The van der Waals surface area contributed by atoms with Crippen molar-refractivity contribution in [3.05, 3.63) is 54.2 Å². The predicted molar refractivity (Wildman–Crippen MR) is 100 cm³/mol. The normalized spacial score (nSPS) is 14.8. The second kappa shape index (κ2) is 7.70. The lowest BCUT2D eigenvalue weighted by Gasteiger charge is -2.34. The Morgan fingerprint density at radius 3 is 2.38 bits per heavy atom. The topological polar surface area (TPSA) is 76.4 Å². The van der Waals surface area contributed by atoms with Gasteiger partial charge in [-0.25, -0.2) is 0 Å². The highest BCUT2D eigenvalue weighted by molar-refractivity contribution is 5.99. The van der Waals surface area contributed by atoms with Gasteiger partial charge in [0.1, 0.15) is 11.6 Å². The van der Waals surface area contributed by atoms with Crippen molar-refractivity contribution in [1.82, 2.24) is 9.80 Å². The van der Waals surface area contributed by atoms with Crippen molar-refractivity contribution < 1.29 is 9.59 Å². The molecule has 0 spiro atoms. The molecular formula is C20H20N4O2. The SMILES string of the molecule is CC(=O)N1CCN(C(=O)/C(C#N)=C\Nc2cccc3ccccc23)CC1. The van der Waals surface area contributed by atoms with Crippen LogP contribution in [0.4, 0.5) is 5.69 Å². The van der Waals surface area contributed by atoms with E-state index in [1.165, 1.54) is 13.1 Å². The Morgan fingerprint density at radius 1 is 1.04 bits per heavy atom. The maximum atomic E-state index is 12.6. The number of piperazine rings is 1.